The van der Waals surface area contributed by atoms with Crippen LogP contribution in [0.25, 0.3) is 0 Å². The number of Topliss-reactive ketones (excluding diaryl/α,β-unsaturated/α-hetero) is 1. The average Bonchev–Trinajstić information content (AvgIpc) is 2.24. The lowest BCUT2D eigenvalue weighted by molar-refractivity contribution is -0.144. The predicted molar refractivity (Wildman–Crippen MR) is 66.0 cm³/mol. The molecular formula is C13H21NO4. The maximum Gasteiger partial charge on any atom is 0.326 e. The van der Waals surface area contributed by atoms with E-state index in [1.165, 1.54) is 0 Å². The van der Waals surface area contributed by atoms with E-state index < -0.39 is 12.0 Å². The van der Waals surface area contributed by atoms with Crippen molar-refractivity contribution in [3.63, 3.8) is 0 Å². The SMILES string of the molecule is CC(C)CC(=O)N[C@H](C(=O)O)[C@H]1CCCC(=O)C1. The molecule has 2 atom stereocenters. The van der Waals surface area contributed by atoms with E-state index in [0.29, 0.717) is 25.7 Å². The van der Waals surface area contributed by atoms with Gasteiger partial charge >= 0.3 is 5.97 Å². The molecule has 5 nitrogen and oxygen atoms in total. The Morgan fingerprint density at radius 3 is 2.61 bits per heavy atom. The number of amides is 1. The van der Waals surface area contributed by atoms with Gasteiger partial charge in [-0.05, 0) is 24.7 Å². The van der Waals surface area contributed by atoms with Crippen LogP contribution in [0, 0.1) is 11.8 Å². The van der Waals surface area contributed by atoms with Crippen molar-refractivity contribution in [2.75, 3.05) is 0 Å². The van der Waals surface area contributed by atoms with Gasteiger partial charge in [0.15, 0.2) is 0 Å². The Hall–Kier alpha value is -1.39. The molecule has 1 aliphatic carbocycles. The molecule has 1 saturated carbocycles. The van der Waals surface area contributed by atoms with Crippen LogP contribution in [0.15, 0.2) is 0 Å². The second-order valence-electron chi connectivity index (χ2n) is 5.38. The molecule has 0 bridgehead atoms. The number of carbonyl (C=O) groups is 3. The van der Waals surface area contributed by atoms with E-state index in [9.17, 15) is 14.4 Å². The maximum atomic E-state index is 11.6. The number of hydrogen-bond donors (Lipinski definition) is 2. The van der Waals surface area contributed by atoms with Crippen LogP contribution in [0.5, 0.6) is 0 Å². The monoisotopic (exact) mass is 255 g/mol. The highest BCUT2D eigenvalue weighted by Crippen LogP contribution is 2.24. The minimum absolute atomic E-state index is 0.0932. The first kappa shape index (κ1) is 14.7. The molecule has 0 saturated heterocycles. The van der Waals surface area contributed by atoms with Gasteiger partial charge in [0.05, 0.1) is 0 Å². The van der Waals surface area contributed by atoms with Crippen molar-refractivity contribution in [1.29, 1.82) is 0 Å². The lowest BCUT2D eigenvalue weighted by atomic mass is 9.83. The van der Waals surface area contributed by atoms with E-state index in [0.717, 1.165) is 0 Å². The molecule has 1 aliphatic rings. The molecule has 102 valence electrons. The highest BCUT2D eigenvalue weighted by atomic mass is 16.4. The van der Waals surface area contributed by atoms with E-state index >= 15 is 0 Å². The third-order valence-electron chi connectivity index (χ3n) is 3.17. The Kier molecular flexibility index (Phi) is 5.31. The first-order valence-corrected chi connectivity index (χ1v) is 6.44. The van der Waals surface area contributed by atoms with Crippen LogP contribution in [0.1, 0.15) is 46.0 Å². The molecule has 0 radical (unpaired) electrons. The van der Waals surface area contributed by atoms with Gasteiger partial charge in [-0.2, -0.15) is 0 Å². The van der Waals surface area contributed by atoms with Crippen LogP contribution in [0.2, 0.25) is 0 Å². The standard InChI is InChI=1S/C13H21NO4/c1-8(2)6-11(16)14-12(13(17)18)9-4-3-5-10(15)7-9/h8-9,12H,3-7H2,1-2H3,(H,14,16)(H,17,18)/t9-,12-/m0/s1. The molecular weight excluding hydrogens is 234 g/mol. The Morgan fingerprint density at radius 1 is 1.44 bits per heavy atom. The summed E-state index contributed by atoms with van der Waals surface area (Å²) in [5.74, 6) is -1.29. The number of rotatable bonds is 5. The lowest BCUT2D eigenvalue weighted by Crippen LogP contribution is -2.47. The highest BCUT2D eigenvalue weighted by Gasteiger charge is 2.33. The highest BCUT2D eigenvalue weighted by molar-refractivity contribution is 5.85. The van der Waals surface area contributed by atoms with Gasteiger partial charge in [-0.3, -0.25) is 9.59 Å². The lowest BCUT2D eigenvalue weighted by Gasteiger charge is -2.27. The number of carboxylic acids is 1. The van der Waals surface area contributed by atoms with Gasteiger partial charge in [-0.15, -0.1) is 0 Å². The summed E-state index contributed by atoms with van der Waals surface area (Å²) in [5.41, 5.74) is 0. The second kappa shape index (κ2) is 6.52. The van der Waals surface area contributed by atoms with Gasteiger partial charge in [0.1, 0.15) is 11.8 Å². The zero-order valence-electron chi connectivity index (χ0n) is 10.9. The van der Waals surface area contributed by atoms with E-state index in [1.807, 2.05) is 13.8 Å². The molecule has 0 unspecified atom stereocenters. The summed E-state index contributed by atoms with van der Waals surface area (Å²) in [6.07, 6.45) is 2.50. The smallest absolute Gasteiger partial charge is 0.326 e. The third-order valence-corrected chi connectivity index (χ3v) is 3.17. The third kappa shape index (κ3) is 4.47. The molecule has 0 aliphatic heterocycles. The van der Waals surface area contributed by atoms with Crippen LogP contribution < -0.4 is 5.32 Å². The molecule has 0 aromatic heterocycles. The normalized spacial score (nSPS) is 21.7. The zero-order chi connectivity index (χ0) is 13.7. The summed E-state index contributed by atoms with van der Waals surface area (Å²) in [5, 5.41) is 11.7. The van der Waals surface area contributed by atoms with Gasteiger partial charge in [0.2, 0.25) is 5.91 Å². The van der Waals surface area contributed by atoms with Crippen LogP contribution in [-0.4, -0.2) is 28.8 Å². The predicted octanol–water partition coefficient (Wildman–Crippen LogP) is 1.36. The van der Waals surface area contributed by atoms with Crippen molar-refractivity contribution < 1.29 is 19.5 Å². The number of carboxylic acid groups (broad SMARTS) is 1. The Bertz CT molecular complexity index is 338. The number of aliphatic carboxylic acids is 1. The van der Waals surface area contributed by atoms with E-state index in [2.05, 4.69) is 5.32 Å². The van der Waals surface area contributed by atoms with Crippen LogP contribution in [0.3, 0.4) is 0 Å². The van der Waals surface area contributed by atoms with Crippen LogP contribution in [0.4, 0.5) is 0 Å². The average molecular weight is 255 g/mol. The molecule has 0 aromatic carbocycles. The summed E-state index contributed by atoms with van der Waals surface area (Å²) in [4.78, 5) is 34.2. The van der Waals surface area contributed by atoms with Gasteiger partial charge in [0.25, 0.3) is 0 Å². The van der Waals surface area contributed by atoms with Gasteiger partial charge in [0, 0.05) is 19.3 Å². The van der Waals surface area contributed by atoms with E-state index in [1.54, 1.807) is 0 Å². The number of nitrogens with one attached hydrogen (secondary N) is 1. The van der Waals surface area contributed by atoms with Gasteiger partial charge in [-0.25, -0.2) is 4.79 Å². The molecule has 2 N–H and O–H groups in total. The first-order chi connectivity index (χ1) is 8.40. The van der Waals surface area contributed by atoms with E-state index in [4.69, 9.17) is 5.11 Å². The van der Waals surface area contributed by atoms with E-state index in [-0.39, 0.29) is 29.9 Å². The largest absolute Gasteiger partial charge is 0.480 e. The number of hydrogen-bond acceptors (Lipinski definition) is 3. The van der Waals surface area contributed by atoms with Crippen molar-refractivity contribution in [1.82, 2.24) is 5.32 Å². The summed E-state index contributed by atoms with van der Waals surface area (Å²) in [7, 11) is 0. The zero-order valence-corrected chi connectivity index (χ0v) is 10.9. The number of carbonyl (C=O) groups excluding carboxylic acids is 2. The molecule has 0 heterocycles. The fourth-order valence-electron chi connectivity index (χ4n) is 2.33. The fraction of sp³-hybridized carbons (Fsp3) is 0.769. The summed E-state index contributed by atoms with van der Waals surface area (Å²) < 4.78 is 0. The molecule has 0 spiro atoms. The Labute approximate surface area is 107 Å². The van der Waals surface area contributed by atoms with Crippen molar-refractivity contribution in [3.05, 3.63) is 0 Å². The van der Waals surface area contributed by atoms with Gasteiger partial charge < -0.3 is 10.4 Å². The molecule has 1 rings (SSSR count). The molecule has 0 aromatic rings. The quantitative estimate of drug-likeness (QED) is 0.777. The van der Waals surface area contributed by atoms with Crippen LogP contribution in [-0.2, 0) is 14.4 Å². The second-order valence-corrected chi connectivity index (χ2v) is 5.38. The van der Waals surface area contributed by atoms with Gasteiger partial charge in [-0.1, -0.05) is 13.8 Å². The van der Waals surface area contributed by atoms with Crippen molar-refractivity contribution in [2.24, 2.45) is 11.8 Å². The van der Waals surface area contributed by atoms with Crippen molar-refractivity contribution in [3.8, 4) is 0 Å². The molecule has 18 heavy (non-hydrogen) atoms. The summed E-state index contributed by atoms with van der Waals surface area (Å²) in [6.45, 7) is 3.80. The van der Waals surface area contributed by atoms with Crippen LogP contribution >= 0.6 is 0 Å². The maximum absolute atomic E-state index is 11.6. The Balaban J connectivity index is 2.62. The minimum atomic E-state index is -1.05. The van der Waals surface area contributed by atoms with Crippen molar-refractivity contribution >= 4 is 17.7 Å². The molecule has 1 fully saturated rings. The summed E-state index contributed by atoms with van der Waals surface area (Å²) >= 11 is 0. The minimum Gasteiger partial charge on any atom is -0.480 e. The van der Waals surface area contributed by atoms with Crippen molar-refractivity contribution in [2.45, 2.75) is 52.0 Å². The Morgan fingerprint density at radius 2 is 2.11 bits per heavy atom. The first-order valence-electron chi connectivity index (χ1n) is 6.44. The molecule has 5 heteroatoms. The molecule has 1 amide bonds. The number of ketones is 1. The summed E-state index contributed by atoms with van der Waals surface area (Å²) in [6, 6.07) is -0.930. The topological polar surface area (TPSA) is 83.5 Å². The fourth-order valence-corrected chi connectivity index (χ4v) is 2.33.